The summed E-state index contributed by atoms with van der Waals surface area (Å²) in [6.45, 7) is 7.69. The number of ether oxygens (including phenoxy) is 2. The lowest BCUT2D eigenvalue weighted by atomic mass is 10.1. The summed E-state index contributed by atoms with van der Waals surface area (Å²) < 4.78 is 12.3. The predicted octanol–water partition coefficient (Wildman–Crippen LogP) is 2.01. The molecule has 19 heavy (non-hydrogen) atoms. The summed E-state index contributed by atoms with van der Waals surface area (Å²) in [4.78, 5) is 2.47. The largest absolute Gasteiger partial charge is 0.486 e. The van der Waals surface area contributed by atoms with Gasteiger partial charge in [0.1, 0.15) is 13.2 Å². The molecule has 1 saturated heterocycles. The van der Waals surface area contributed by atoms with Crippen LogP contribution >= 0.6 is 15.9 Å². The SMILES string of the molecule is C[C@@H]1CN(Cc2cc(Br)c3c(c2)OCCO3)CCN1. The second kappa shape index (κ2) is 5.69. The van der Waals surface area contributed by atoms with Gasteiger partial charge in [0.25, 0.3) is 0 Å². The van der Waals surface area contributed by atoms with Crippen LogP contribution in [0.15, 0.2) is 16.6 Å². The van der Waals surface area contributed by atoms with Crippen molar-refractivity contribution in [1.29, 1.82) is 0 Å². The number of benzene rings is 1. The molecule has 1 atom stereocenters. The van der Waals surface area contributed by atoms with Gasteiger partial charge in [-0.15, -0.1) is 0 Å². The molecule has 2 heterocycles. The summed E-state index contributed by atoms with van der Waals surface area (Å²) in [5, 5.41) is 3.46. The zero-order valence-corrected chi connectivity index (χ0v) is 12.7. The van der Waals surface area contributed by atoms with E-state index in [2.05, 4.69) is 45.2 Å². The van der Waals surface area contributed by atoms with Crippen molar-refractivity contribution >= 4 is 15.9 Å². The Balaban J connectivity index is 1.76. The molecule has 3 rings (SSSR count). The Morgan fingerprint density at radius 3 is 3.05 bits per heavy atom. The molecule has 0 spiro atoms. The average molecular weight is 327 g/mol. The van der Waals surface area contributed by atoms with Crippen molar-refractivity contribution in [2.24, 2.45) is 0 Å². The highest BCUT2D eigenvalue weighted by Crippen LogP contribution is 2.38. The first-order valence-corrected chi connectivity index (χ1v) is 7.55. The predicted molar refractivity (Wildman–Crippen MR) is 77.9 cm³/mol. The lowest BCUT2D eigenvalue weighted by Crippen LogP contribution is -2.48. The first kappa shape index (κ1) is 13.2. The zero-order valence-electron chi connectivity index (χ0n) is 11.1. The molecule has 104 valence electrons. The summed E-state index contributed by atoms with van der Waals surface area (Å²) in [6.07, 6.45) is 0. The van der Waals surface area contributed by atoms with E-state index >= 15 is 0 Å². The van der Waals surface area contributed by atoms with E-state index in [1.807, 2.05) is 0 Å². The number of hydrogen-bond acceptors (Lipinski definition) is 4. The third-order valence-electron chi connectivity index (χ3n) is 3.52. The van der Waals surface area contributed by atoms with E-state index in [0.29, 0.717) is 19.3 Å². The van der Waals surface area contributed by atoms with Gasteiger partial charge in [-0.3, -0.25) is 4.90 Å². The molecule has 4 nitrogen and oxygen atoms in total. The molecule has 0 aliphatic carbocycles. The van der Waals surface area contributed by atoms with Crippen molar-refractivity contribution in [3.05, 3.63) is 22.2 Å². The lowest BCUT2D eigenvalue weighted by Gasteiger charge is -2.32. The number of nitrogens with zero attached hydrogens (tertiary/aromatic N) is 1. The fraction of sp³-hybridized carbons (Fsp3) is 0.571. The molecule has 0 amide bonds. The highest BCUT2D eigenvalue weighted by atomic mass is 79.9. The average Bonchev–Trinajstić information content (AvgIpc) is 2.39. The minimum absolute atomic E-state index is 0.564. The van der Waals surface area contributed by atoms with Gasteiger partial charge in [0.2, 0.25) is 0 Å². The Bertz CT molecular complexity index is 467. The summed E-state index contributed by atoms with van der Waals surface area (Å²) in [6, 6.07) is 4.81. The molecule has 0 radical (unpaired) electrons. The molecule has 2 aliphatic heterocycles. The molecule has 0 aromatic heterocycles. The van der Waals surface area contributed by atoms with E-state index in [9.17, 15) is 0 Å². The molecule has 0 unspecified atom stereocenters. The van der Waals surface area contributed by atoms with Crippen LogP contribution in [0.1, 0.15) is 12.5 Å². The topological polar surface area (TPSA) is 33.7 Å². The Morgan fingerprint density at radius 2 is 2.21 bits per heavy atom. The number of nitrogens with one attached hydrogen (secondary N) is 1. The fourth-order valence-electron chi connectivity index (χ4n) is 2.67. The molecule has 2 aliphatic rings. The molecule has 5 heteroatoms. The van der Waals surface area contributed by atoms with Gasteiger partial charge >= 0.3 is 0 Å². The Labute approximate surface area is 122 Å². The number of rotatable bonds is 2. The highest BCUT2D eigenvalue weighted by molar-refractivity contribution is 9.10. The van der Waals surface area contributed by atoms with E-state index in [0.717, 1.165) is 42.2 Å². The van der Waals surface area contributed by atoms with Crippen molar-refractivity contribution < 1.29 is 9.47 Å². The van der Waals surface area contributed by atoms with Crippen molar-refractivity contribution in [3.8, 4) is 11.5 Å². The van der Waals surface area contributed by atoms with Crippen LogP contribution in [0, 0.1) is 0 Å². The van der Waals surface area contributed by atoms with Crippen molar-refractivity contribution in [1.82, 2.24) is 10.2 Å². The van der Waals surface area contributed by atoms with E-state index in [-0.39, 0.29) is 0 Å². The second-order valence-electron chi connectivity index (χ2n) is 5.19. The maximum atomic E-state index is 5.67. The summed E-state index contributed by atoms with van der Waals surface area (Å²) >= 11 is 3.57. The Kier molecular flexibility index (Phi) is 3.96. The maximum absolute atomic E-state index is 5.67. The van der Waals surface area contributed by atoms with Crippen molar-refractivity contribution in [3.63, 3.8) is 0 Å². The first-order valence-electron chi connectivity index (χ1n) is 6.76. The summed E-state index contributed by atoms with van der Waals surface area (Å²) in [5.41, 5.74) is 1.27. The van der Waals surface area contributed by atoms with Gasteiger partial charge in [0.05, 0.1) is 4.47 Å². The van der Waals surface area contributed by atoms with Crippen LogP contribution in [0.2, 0.25) is 0 Å². The van der Waals surface area contributed by atoms with Crippen LogP contribution < -0.4 is 14.8 Å². The van der Waals surface area contributed by atoms with Crippen molar-refractivity contribution in [2.45, 2.75) is 19.5 Å². The number of hydrogen-bond donors (Lipinski definition) is 1. The minimum Gasteiger partial charge on any atom is -0.486 e. The monoisotopic (exact) mass is 326 g/mol. The van der Waals surface area contributed by atoms with Gasteiger partial charge in [-0.1, -0.05) is 0 Å². The van der Waals surface area contributed by atoms with E-state index in [1.165, 1.54) is 5.56 Å². The smallest absolute Gasteiger partial charge is 0.175 e. The number of piperazine rings is 1. The summed E-state index contributed by atoms with van der Waals surface area (Å²) in [7, 11) is 0. The van der Waals surface area contributed by atoms with Crippen LogP contribution in [0.4, 0.5) is 0 Å². The van der Waals surface area contributed by atoms with Gasteiger partial charge in [0.15, 0.2) is 11.5 Å². The maximum Gasteiger partial charge on any atom is 0.175 e. The van der Waals surface area contributed by atoms with Crippen LogP contribution in [0.25, 0.3) is 0 Å². The molecular weight excluding hydrogens is 308 g/mol. The number of fused-ring (bicyclic) bond motifs is 1. The normalized spacial score (nSPS) is 23.4. The summed E-state index contributed by atoms with van der Waals surface area (Å²) in [5.74, 6) is 1.70. The van der Waals surface area contributed by atoms with Crippen LogP contribution in [-0.4, -0.2) is 43.8 Å². The Morgan fingerprint density at radius 1 is 1.37 bits per heavy atom. The molecule has 1 fully saturated rings. The van der Waals surface area contributed by atoms with Crippen LogP contribution in [-0.2, 0) is 6.54 Å². The molecular formula is C14H19BrN2O2. The van der Waals surface area contributed by atoms with E-state index in [1.54, 1.807) is 0 Å². The molecule has 1 N–H and O–H groups in total. The minimum atomic E-state index is 0.564. The third kappa shape index (κ3) is 3.04. The second-order valence-corrected chi connectivity index (χ2v) is 6.05. The highest BCUT2D eigenvalue weighted by Gasteiger charge is 2.19. The van der Waals surface area contributed by atoms with Crippen LogP contribution in [0.3, 0.4) is 0 Å². The zero-order chi connectivity index (χ0) is 13.2. The van der Waals surface area contributed by atoms with Gasteiger partial charge in [0, 0.05) is 32.2 Å². The lowest BCUT2D eigenvalue weighted by molar-refractivity contribution is 0.169. The molecule has 0 bridgehead atoms. The quantitative estimate of drug-likeness (QED) is 0.901. The Hall–Kier alpha value is -0.780. The van der Waals surface area contributed by atoms with Crippen molar-refractivity contribution in [2.75, 3.05) is 32.8 Å². The molecule has 1 aromatic carbocycles. The van der Waals surface area contributed by atoms with Crippen LogP contribution in [0.5, 0.6) is 11.5 Å². The van der Waals surface area contributed by atoms with Gasteiger partial charge in [-0.2, -0.15) is 0 Å². The number of halogens is 1. The fourth-order valence-corrected chi connectivity index (χ4v) is 3.27. The third-order valence-corrected chi connectivity index (χ3v) is 4.10. The van der Waals surface area contributed by atoms with Gasteiger partial charge in [-0.25, -0.2) is 0 Å². The van der Waals surface area contributed by atoms with E-state index < -0.39 is 0 Å². The van der Waals surface area contributed by atoms with E-state index in [4.69, 9.17) is 9.47 Å². The van der Waals surface area contributed by atoms with Gasteiger partial charge < -0.3 is 14.8 Å². The standard InChI is InChI=1S/C14H19BrN2O2/c1-10-8-17(3-2-16-10)9-11-6-12(15)14-13(7-11)18-4-5-19-14/h6-7,10,16H,2-5,8-9H2,1H3/t10-/m1/s1. The first-order chi connectivity index (χ1) is 9.22. The molecule has 0 saturated carbocycles. The van der Waals surface area contributed by atoms with Gasteiger partial charge in [-0.05, 0) is 40.5 Å². The molecule has 1 aromatic rings.